The lowest BCUT2D eigenvalue weighted by Gasteiger charge is -2.47. The molecule has 0 aromatic rings. The largest absolute Gasteiger partial charge is 0.391 e. The Kier molecular flexibility index (Phi) is 10.4. The van der Waals surface area contributed by atoms with Gasteiger partial charge in [-0.3, -0.25) is 9.59 Å². The summed E-state index contributed by atoms with van der Waals surface area (Å²) in [5.41, 5.74) is 2.21. The first kappa shape index (κ1) is 37.8. The molecule has 12 bridgehead atoms. The fourth-order valence-electron chi connectivity index (χ4n) is 11.5. The summed E-state index contributed by atoms with van der Waals surface area (Å²) in [6.45, 7) is 14.9. The molecule has 0 radical (unpaired) electrons. The first-order chi connectivity index (χ1) is 25.9. The second-order valence-corrected chi connectivity index (χ2v) is 18.3. The van der Waals surface area contributed by atoms with Gasteiger partial charge in [0.15, 0.2) is 5.79 Å². The van der Waals surface area contributed by atoms with Crippen molar-refractivity contribution in [3.63, 3.8) is 0 Å². The van der Waals surface area contributed by atoms with E-state index in [4.69, 9.17) is 37.9 Å². The summed E-state index contributed by atoms with van der Waals surface area (Å²) < 4.78 is 54.1. The third kappa shape index (κ3) is 7.19. The van der Waals surface area contributed by atoms with Crippen LogP contribution in [0.5, 0.6) is 0 Å². The fourth-order valence-corrected chi connectivity index (χ4v) is 11.5. The third-order valence-electron chi connectivity index (χ3n) is 14.5. The topological polar surface area (TPSA) is 140 Å². The molecule has 10 aliphatic heterocycles. The van der Waals surface area contributed by atoms with E-state index in [1.807, 2.05) is 0 Å². The highest BCUT2D eigenvalue weighted by Crippen LogP contribution is 2.54. The Labute approximate surface area is 319 Å². The number of amides is 1. The molecule has 10 saturated heterocycles. The standard InChI is InChI=1S/C42H61NO11/c1-20-12-27-6-8-31-21(2)13-29(47-31)10-11-42-18-36-38(53-42)39-40(52-36)41(54-42)37-32(51-39)9-7-28(49-37)14-25(45)15-30-23(4)33(16-26(46)19-43-24(5)44)50-35(30)17-34(48-27)22(20)3/h20,23,26-41,46H,2-3,6-19H2,1,4-5H3,(H,43,44)/t20-,23-,26+,27+,28-,29+,30-,31+,32+,33-,34-,35+,36-,37+,38+,39?,40?,41+,42+/m1/s1. The number of Topliss-reactive ketones (excluding diaryl/α,β-unsaturated/α-hetero) is 1. The monoisotopic (exact) mass is 755 g/mol. The van der Waals surface area contributed by atoms with Crippen LogP contribution in [-0.2, 0) is 47.5 Å². The Bertz CT molecular complexity index is 1470. The molecule has 1 spiro atoms. The van der Waals surface area contributed by atoms with Crippen molar-refractivity contribution in [3.8, 4) is 0 Å². The normalized spacial score (nSPS) is 50.7. The van der Waals surface area contributed by atoms with Gasteiger partial charge in [0.25, 0.3) is 0 Å². The zero-order valence-electron chi connectivity index (χ0n) is 32.2. The van der Waals surface area contributed by atoms with Crippen LogP contribution in [0.15, 0.2) is 24.3 Å². The van der Waals surface area contributed by atoms with Gasteiger partial charge in [-0.15, -0.1) is 0 Å². The van der Waals surface area contributed by atoms with E-state index in [-0.39, 0.29) is 121 Å². The summed E-state index contributed by atoms with van der Waals surface area (Å²) in [7, 11) is 0. The molecule has 10 aliphatic rings. The van der Waals surface area contributed by atoms with E-state index < -0.39 is 11.9 Å². The number of nitrogens with one attached hydrogen (secondary N) is 1. The molecule has 0 aromatic heterocycles. The Morgan fingerprint density at radius 1 is 0.796 bits per heavy atom. The number of rotatable bonds is 4. The molecule has 12 nitrogen and oxygen atoms in total. The minimum Gasteiger partial charge on any atom is -0.391 e. The van der Waals surface area contributed by atoms with Crippen molar-refractivity contribution >= 4 is 11.7 Å². The SMILES string of the molecule is C=C1C[C@@H]2CC[C@@]34C[C@H]5OC6C(O[C@H]7CC[C@H](CC(=O)C[C@@H]8[C@@H](C)[C@@H](C[C@H](O)CNC(C)=O)O[C@H]8C[C@H]8O[C@@H](CC[C@@H]1O2)C[C@@H](C)C8=C)O[C@@H]7[C@@H]6O3)[C@H]5O4. The molecule has 19 atom stereocenters. The van der Waals surface area contributed by atoms with Crippen molar-refractivity contribution in [2.24, 2.45) is 17.8 Å². The van der Waals surface area contributed by atoms with Crippen LogP contribution in [0, 0.1) is 17.8 Å². The lowest BCUT2D eigenvalue weighted by molar-refractivity contribution is -0.292. The summed E-state index contributed by atoms with van der Waals surface area (Å²) in [4.78, 5) is 25.6. The second-order valence-electron chi connectivity index (χ2n) is 18.3. The van der Waals surface area contributed by atoms with E-state index in [1.54, 1.807) is 0 Å². The molecule has 2 unspecified atom stereocenters. The van der Waals surface area contributed by atoms with E-state index in [0.29, 0.717) is 38.5 Å². The van der Waals surface area contributed by atoms with Gasteiger partial charge in [0.2, 0.25) is 5.91 Å². The molecular formula is C42H61NO11. The van der Waals surface area contributed by atoms with E-state index in [0.717, 1.165) is 56.1 Å². The Hall–Kier alpha value is -1.74. The van der Waals surface area contributed by atoms with Crippen molar-refractivity contribution in [1.82, 2.24) is 5.32 Å². The van der Waals surface area contributed by atoms with Gasteiger partial charge in [0.05, 0.1) is 61.0 Å². The zero-order chi connectivity index (χ0) is 37.5. The smallest absolute Gasteiger partial charge is 0.216 e. The number of fused-ring (bicyclic) bond motifs is 6. The van der Waals surface area contributed by atoms with Crippen LogP contribution in [0.2, 0.25) is 0 Å². The molecule has 0 aliphatic carbocycles. The van der Waals surface area contributed by atoms with Gasteiger partial charge in [-0.25, -0.2) is 0 Å². The Balaban J connectivity index is 0.971. The maximum absolute atomic E-state index is 14.1. The fraction of sp³-hybridized carbons (Fsp3) is 0.857. The first-order valence-electron chi connectivity index (χ1n) is 21.0. The predicted molar refractivity (Wildman–Crippen MR) is 194 cm³/mol. The van der Waals surface area contributed by atoms with Gasteiger partial charge in [0.1, 0.15) is 36.3 Å². The van der Waals surface area contributed by atoms with Crippen molar-refractivity contribution in [2.75, 3.05) is 6.54 Å². The van der Waals surface area contributed by atoms with Crippen molar-refractivity contribution in [3.05, 3.63) is 24.3 Å². The van der Waals surface area contributed by atoms with Crippen LogP contribution in [-0.4, -0.2) is 121 Å². The number of aliphatic hydroxyl groups is 1. The Morgan fingerprint density at radius 2 is 1.54 bits per heavy atom. The second kappa shape index (κ2) is 14.9. The van der Waals surface area contributed by atoms with Crippen LogP contribution >= 0.6 is 0 Å². The van der Waals surface area contributed by atoms with Gasteiger partial charge in [-0.1, -0.05) is 27.0 Å². The van der Waals surface area contributed by atoms with E-state index in [9.17, 15) is 14.7 Å². The summed E-state index contributed by atoms with van der Waals surface area (Å²) in [6.07, 6.45) is 5.62. The van der Waals surface area contributed by atoms with Crippen LogP contribution < -0.4 is 5.32 Å². The molecule has 10 fully saturated rings. The maximum Gasteiger partial charge on any atom is 0.216 e. The lowest BCUT2D eigenvalue weighted by Crippen LogP contribution is -2.61. The number of carbonyl (C=O) groups excluding carboxylic acids is 2. The van der Waals surface area contributed by atoms with Gasteiger partial charge >= 0.3 is 0 Å². The van der Waals surface area contributed by atoms with E-state index in [2.05, 4.69) is 32.3 Å². The van der Waals surface area contributed by atoms with Crippen LogP contribution in [0.3, 0.4) is 0 Å². The van der Waals surface area contributed by atoms with Gasteiger partial charge < -0.3 is 48.3 Å². The van der Waals surface area contributed by atoms with E-state index in [1.165, 1.54) is 6.92 Å². The third-order valence-corrected chi connectivity index (χ3v) is 14.5. The number of carbonyl (C=O) groups is 2. The average molecular weight is 756 g/mol. The molecule has 0 saturated carbocycles. The molecule has 12 heteroatoms. The minimum atomic E-state index is -0.781. The predicted octanol–water partition coefficient (Wildman–Crippen LogP) is 4.24. The van der Waals surface area contributed by atoms with Gasteiger partial charge in [-0.05, 0) is 73.8 Å². The molecule has 10 rings (SSSR count). The first-order valence-corrected chi connectivity index (χ1v) is 21.0. The van der Waals surface area contributed by atoms with Crippen LogP contribution in [0.1, 0.15) is 104 Å². The quantitative estimate of drug-likeness (QED) is 0.399. The zero-order valence-corrected chi connectivity index (χ0v) is 32.2. The number of ketones is 1. The molecule has 2 N–H and O–H groups in total. The summed E-state index contributed by atoms with van der Waals surface area (Å²) >= 11 is 0. The Morgan fingerprint density at radius 3 is 2.37 bits per heavy atom. The summed E-state index contributed by atoms with van der Waals surface area (Å²) in [6, 6.07) is 0. The van der Waals surface area contributed by atoms with Crippen molar-refractivity contribution in [2.45, 2.75) is 202 Å². The number of hydrogen-bond acceptors (Lipinski definition) is 11. The lowest BCUT2D eigenvalue weighted by atomic mass is 9.78. The van der Waals surface area contributed by atoms with Crippen molar-refractivity contribution in [1.29, 1.82) is 0 Å². The van der Waals surface area contributed by atoms with Crippen LogP contribution in [0.4, 0.5) is 0 Å². The molecule has 0 aromatic carbocycles. The summed E-state index contributed by atoms with van der Waals surface area (Å²) in [5, 5.41) is 13.6. The maximum atomic E-state index is 14.1. The number of aliphatic hydroxyl groups excluding tert-OH is 1. The molecule has 10 heterocycles. The average Bonchev–Trinajstić information content (AvgIpc) is 3.79. The molecule has 54 heavy (non-hydrogen) atoms. The van der Waals surface area contributed by atoms with Crippen molar-refractivity contribution < 1.29 is 52.6 Å². The summed E-state index contributed by atoms with van der Waals surface area (Å²) in [5.74, 6) is -0.596. The minimum absolute atomic E-state index is 0.00915. The number of ether oxygens (including phenoxy) is 8. The molecule has 1 amide bonds. The van der Waals surface area contributed by atoms with Gasteiger partial charge in [-0.2, -0.15) is 0 Å². The van der Waals surface area contributed by atoms with E-state index >= 15 is 0 Å². The molecular weight excluding hydrogens is 694 g/mol. The van der Waals surface area contributed by atoms with Crippen LogP contribution in [0.25, 0.3) is 0 Å². The highest BCUT2D eigenvalue weighted by molar-refractivity contribution is 5.79. The number of hydrogen-bond donors (Lipinski definition) is 2. The molecule has 300 valence electrons. The highest BCUT2D eigenvalue weighted by Gasteiger charge is 2.68. The highest BCUT2D eigenvalue weighted by atomic mass is 16.8. The van der Waals surface area contributed by atoms with Gasteiger partial charge in [0, 0.05) is 52.0 Å².